The SMILES string of the molecule is CCOCCN(CC)C1CCCCCCC1NC. The summed E-state index contributed by atoms with van der Waals surface area (Å²) in [5.41, 5.74) is 0. The number of hydrogen-bond acceptors (Lipinski definition) is 3. The van der Waals surface area contributed by atoms with Gasteiger partial charge in [0.05, 0.1) is 6.61 Å². The van der Waals surface area contributed by atoms with Crippen LogP contribution in [0.15, 0.2) is 0 Å². The van der Waals surface area contributed by atoms with Crippen LogP contribution in [-0.4, -0.2) is 50.3 Å². The zero-order valence-electron chi connectivity index (χ0n) is 12.6. The highest BCUT2D eigenvalue weighted by Crippen LogP contribution is 2.21. The summed E-state index contributed by atoms with van der Waals surface area (Å²) in [4.78, 5) is 2.61. The third-order valence-electron chi connectivity index (χ3n) is 4.20. The molecule has 0 amide bonds. The molecule has 0 aromatic carbocycles. The van der Waals surface area contributed by atoms with Crippen molar-refractivity contribution in [2.45, 2.75) is 64.5 Å². The molecule has 108 valence electrons. The Labute approximate surface area is 113 Å². The van der Waals surface area contributed by atoms with Gasteiger partial charge in [0, 0.05) is 25.2 Å². The quantitative estimate of drug-likeness (QED) is 0.709. The van der Waals surface area contributed by atoms with E-state index in [2.05, 4.69) is 31.1 Å². The summed E-state index contributed by atoms with van der Waals surface area (Å²) in [6, 6.07) is 1.35. The van der Waals surface area contributed by atoms with Gasteiger partial charge in [0.1, 0.15) is 0 Å². The average molecular weight is 256 g/mol. The van der Waals surface area contributed by atoms with Gasteiger partial charge in [-0.25, -0.2) is 0 Å². The number of hydrogen-bond donors (Lipinski definition) is 1. The van der Waals surface area contributed by atoms with E-state index in [1.165, 1.54) is 38.5 Å². The molecule has 3 nitrogen and oxygen atoms in total. The third kappa shape index (κ3) is 5.25. The highest BCUT2D eigenvalue weighted by Gasteiger charge is 2.25. The lowest BCUT2D eigenvalue weighted by molar-refractivity contribution is 0.0784. The van der Waals surface area contributed by atoms with Crippen LogP contribution in [-0.2, 0) is 4.74 Å². The Bertz CT molecular complexity index is 199. The van der Waals surface area contributed by atoms with E-state index in [0.29, 0.717) is 12.1 Å². The van der Waals surface area contributed by atoms with Crippen LogP contribution in [0, 0.1) is 0 Å². The Morgan fingerprint density at radius 3 is 2.44 bits per heavy atom. The summed E-state index contributed by atoms with van der Waals surface area (Å²) in [5, 5.41) is 3.54. The van der Waals surface area contributed by atoms with Crippen LogP contribution in [0.4, 0.5) is 0 Å². The van der Waals surface area contributed by atoms with Crippen molar-refractivity contribution in [3.05, 3.63) is 0 Å². The fourth-order valence-corrected chi connectivity index (χ4v) is 3.12. The third-order valence-corrected chi connectivity index (χ3v) is 4.20. The Hall–Kier alpha value is -0.120. The molecule has 1 N–H and O–H groups in total. The predicted octanol–water partition coefficient (Wildman–Crippen LogP) is 2.66. The van der Waals surface area contributed by atoms with Gasteiger partial charge in [0.2, 0.25) is 0 Å². The standard InChI is InChI=1S/C15H32N2O/c1-4-17(12-13-18-5-2)15-11-9-7-6-8-10-14(15)16-3/h14-16H,4-13H2,1-3H3. The molecule has 18 heavy (non-hydrogen) atoms. The van der Waals surface area contributed by atoms with Gasteiger partial charge in [-0.1, -0.05) is 32.6 Å². The van der Waals surface area contributed by atoms with Crippen LogP contribution in [0.2, 0.25) is 0 Å². The van der Waals surface area contributed by atoms with Crippen LogP contribution in [0.3, 0.4) is 0 Å². The molecular weight excluding hydrogens is 224 g/mol. The maximum Gasteiger partial charge on any atom is 0.0593 e. The Balaban J connectivity index is 2.52. The van der Waals surface area contributed by atoms with E-state index >= 15 is 0 Å². The van der Waals surface area contributed by atoms with E-state index in [1.54, 1.807) is 0 Å². The molecule has 0 heterocycles. The zero-order valence-corrected chi connectivity index (χ0v) is 12.6. The first-order valence-electron chi connectivity index (χ1n) is 7.82. The molecular formula is C15H32N2O. The van der Waals surface area contributed by atoms with E-state index in [9.17, 15) is 0 Å². The Morgan fingerprint density at radius 2 is 1.83 bits per heavy atom. The predicted molar refractivity (Wildman–Crippen MR) is 78.1 cm³/mol. The Morgan fingerprint density at radius 1 is 1.11 bits per heavy atom. The highest BCUT2D eigenvalue weighted by molar-refractivity contribution is 4.85. The normalized spacial score (nSPS) is 26.0. The van der Waals surface area contributed by atoms with Crippen LogP contribution in [0.25, 0.3) is 0 Å². The monoisotopic (exact) mass is 256 g/mol. The minimum atomic E-state index is 0.659. The zero-order chi connectivity index (χ0) is 13.2. The largest absolute Gasteiger partial charge is 0.380 e. The highest BCUT2D eigenvalue weighted by atomic mass is 16.5. The summed E-state index contributed by atoms with van der Waals surface area (Å²) < 4.78 is 5.52. The molecule has 1 fully saturated rings. The van der Waals surface area contributed by atoms with Crippen molar-refractivity contribution >= 4 is 0 Å². The first-order valence-corrected chi connectivity index (χ1v) is 7.82. The van der Waals surface area contributed by atoms with Crippen molar-refractivity contribution in [1.82, 2.24) is 10.2 Å². The molecule has 0 saturated heterocycles. The molecule has 1 aliphatic rings. The van der Waals surface area contributed by atoms with Gasteiger partial charge in [-0.15, -0.1) is 0 Å². The fraction of sp³-hybridized carbons (Fsp3) is 1.00. The second-order valence-electron chi connectivity index (χ2n) is 5.28. The lowest BCUT2D eigenvalue weighted by atomic mass is 9.91. The van der Waals surface area contributed by atoms with E-state index < -0.39 is 0 Å². The summed E-state index contributed by atoms with van der Waals surface area (Å²) in [6.45, 7) is 8.26. The lowest BCUT2D eigenvalue weighted by Crippen LogP contribution is -2.50. The van der Waals surface area contributed by atoms with Crippen LogP contribution >= 0.6 is 0 Å². The molecule has 1 aliphatic carbocycles. The molecule has 1 saturated carbocycles. The molecule has 0 aromatic rings. The van der Waals surface area contributed by atoms with Gasteiger partial charge < -0.3 is 10.1 Å². The van der Waals surface area contributed by atoms with Crippen molar-refractivity contribution in [2.75, 3.05) is 33.4 Å². The van der Waals surface area contributed by atoms with Crippen LogP contribution < -0.4 is 5.32 Å². The summed E-state index contributed by atoms with van der Waals surface area (Å²) >= 11 is 0. The smallest absolute Gasteiger partial charge is 0.0593 e. The second-order valence-corrected chi connectivity index (χ2v) is 5.28. The molecule has 0 aromatic heterocycles. The van der Waals surface area contributed by atoms with Gasteiger partial charge in [0.15, 0.2) is 0 Å². The Kier molecular flexibility index (Phi) is 8.64. The van der Waals surface area contributed by atoms with E-state index in [4.69, 9.17) is 4.74 Å². The van der Waals surface area contributed by atoms with Gasteiger partial charge >= 0.3 is 0 Å². The van der Waals surface area contributed by atoms with Crippen molar-refractivity contribution in [1.29, 1.82) is 0 Å². The average Bonchev–Trinajstić information content (AvgIpc) is 2.36. The van der Waals surface area contributed by atoms with Gasteiger partial charge in [-0.05, 0) is 33.4 Å². The first-order chi connectivity index (χ1) is 8.83. The van der Waals surface area contributed by atoms with Gasteiger partial charge in [-0.3, -0.25) is 4.90 Å². The summed E-state index contributed by atoms with van der Waals surface area (Å²) in [6.07, 6.45) is 8.25. The van der Waals surface area contributed by atoms with Crippen LogP contribution in [0.1, 0.15) is 52.4 Å². The molecule has 0 bridgehead atoms. The topological polar surface area (TPSA) is 24.5 Å². The van der Waals surface area contributed by atoms with Crippen molar-refractivity contribution in [3.8, 4) is 0 Å². The number of nitrogens with one attached hydrogen (secondary N) is 1. The van der Waals surface area contributed by atoms with Crippen molar-refractivity contribution in [3.63, 3.8) is 0 Å². The minimum absolute atomic E-state index is 0.659. The van der Waals surface area contributed by atoms with Crippen molar-refractivity contribution < 1.29 is 4.74 Å². The maximum atomic E-state index is 5.52. The minimum Gasteiger partial charge on any atom is -0.380 e. The van der Waals surface area contributed by atoms with E-state index in [-0.39, 0.29) is 0 Å². The number of likely N-dealkylation sites (N-methyl/N-ethyl adjacent to an activating group) is 2. The van der Waals surface area contributed by atoms with Gasteiger partial charge in [0.25, 0.3) is 0 Å². The molecule has 1 rings (SSSR count). The van der Waals surface area contributed by atoms with E-state index in [0.717, 1.165) is 26.3 Å². The number of rotatable bonds is 7. The van der Waals surface area contributed by atoms with Crippen LogP contribution in [0.5, 0.6) is 0 Å². The molecule has 2 atom stereocenters. The lowest BCUT2D eigenvalue weighted by Gasteiger charge is -2.38. The number of ether oxygens (including phenoxy) is 1. The summed E-state index contributed by atoms with van der Waals surface area (Å²) in [7, 11) is 2.12. The molecule has 3 heteroatoms. The van der Waals surface area contributed by atoms with Crippen molar-refractivity contribution in [2.24, 2.45) is 0 Å². The molecule has 0 spiro atoms. The first kappa shape index (κ1) is 15.9. The van der Waals surface area contributed by atoms with E-state index in [1.807, 2.05) is 0 Å². The number of nitrogens with zero attached hydrogens (tertiary/aromatic N) is 1. The molecule has 0 radical (unpaired) electrons. The maximum absolute atomic E-state index is 5.52. The second kappa shape index (κ2) is 9.76. The molecule has 2 unspecified atom stereocenters. The van der Waals surface area contributed by atoms with Gasteiger partial charge in [-0.2, -0.15) is 0 Å². The molecule has 0 aliphatic heterocycles. The fourth-order valence-electron chi connectivity index (χ4n) is 3.12. The summed E-state index contributed by atoms with van der Waals surface area (Å²) in [5.74, 6) is 0.